The Bertz CT molecular complexity index is 1390. The molecule has 0 bridgehead atoms. The molecule has 0 N–H and O–H groups in total. The third-order valence-electron chi connectivity index (χ3n) is 9.10. The minimum atomic E-state index is -2.86. The average molecular weight is 708 g/mol. The van der Waals surface area contributed by atoms with Crippen molar-refractivity contribution in [3.63, 3.8) is 0 Å². The van der Waals surface area contributed by atoms with E-state index in [2.05, 4.69) is 106 Å². The van der Waals surface area contributed by atoms with Crippen LogP contribution in [0.25, 0.3) is 0 Å². The van der Waals surface area contributed by atoms with Crippen LogP contribution in [0, 0.1) is 69.2 Å². The number of ether oxygens (including phenoxy) is 3. The normalized spacial score (nSPS) is 10.6. The fourth-order valence-corrected chi connectivity index (χ4v) is 13.1. The van der Waals surface area contributed by atoms with E-state index in [1.165, 1.54) is 43.0 Å². The van der Waals surface area contributed by atoms with Crippen LogP contribution in [0.2, 0.25) is 0 Å². The van der Waals surface area contributed by atoms with Crippen molar-refractivity contribution in [1.82, 2.24) is 0 Å². The molecule has 0 saturated heterocycles. The number of benzene rings is 3. The molecule has 0 amide bonds. The summed E-state index contributed by atoms with van der Waals surface area (Å²) in [7, 11) is 2.44. The molecule has 0 radical (unpaired) electrons. The summed E-state index contributed by atoms with van der Waals surface area (Å²) in [5.74, 6) is 2.87. The van der Waals surface area contributed by atoms with Gasteiger partial charge in [-0.25, -0.2) is 0 Å². The van der Waals surface area contributed by atoms with E-state index in [4.69, 9.17) is 14.2 Å². The molecule has 236 valence electrons. The average Bonchev–Trinajstić information content (AvgIpc) is 3.07. The van der Waals surface area contributed by atoms with Crippen LogP contribution in [0.5, 0.6) is 17.2 Å². The fraction of sp³-hybridized carbons (Fsp3) is 0.361. The van der Waals surface area contributed by atoms with E-state index in [1.54, 1.807) is 21.3 Å². The van der Waals surface area contributed by atoms with Crippen LogP contribution in [0.3, 0.4) is 0 Å². The third kappa shape index (κ3) is 6.68. The van der Waals surface area contributed by atoms with Crippen molar-refractivity contribution in [1.29, 1.82) is 0 Å². The predicted molar refractivity (Wildman–Crippen MR) is 173 cm³/mol. The molecule has 0 aromatic heterocycles. The smallest absolute Gasteiger partial charge is 1.00 e. The first-order chi connectivity index (χ1) is 18.8. The molecule has 0 aliphatic carbocycles. The van der Waals surface area contributed by atoms with Crippen LogP contribution in [-0.2, 0) is 21.7 Å². The van der Waals surface area contributed by atoms with Crippen molar-refractivity contribution < 1.29 is 73.1 Å². The molecule has 4 aromatic rings. The summed E-state index contributed by atoms with van der Waals surface area (Å²) >= 11 is 0. The van der Waals surface area contributed by atoms with Gasteiger partial charge in [-0.3, -0.25) is 0 Å². The Labute approximate surface area is 300 Å². The summed E-state index contributed by atoms with van der Waals surface area (Å²) in [6.07, 6.45) is 0. The maximum Gasteiger partial charge on any atom is 4.00 e. The first-order valence-electron chi connectivity index (χ1n) is 14.1. The van der Waals surface area contributed by atoms with Gasteiger partial charge >= 0.3 is 21.7 Å². The fourth-order valence-electron chi connectivity index (χ4n) is 7.18. The van der Waals surface area contributed by atoms with Crippen LogP contribution in [-0.4, -0.2) is 29.4 Å². The Morgan fingerprint density at radius 1 is 0.477 bits per heavy atom. The van der Waals surface area contributed by atoms with Crippen LogP contribution >= 0.6 is 0 Å². The second kappa shape index (κ2) is 16.2. The summed E-state index contributed by atoms with van der Waals surface area (Å²) in [5.41, 5.74) is 12.5. The first kappa shape index (κ1) is 42.2. The van der Waals surface area contributed by atoms with E-state index >= 15 is 0 Å². The van der Waals surface area contributed by atoms with Crippen molar-refractivity contribution >= 4 is 28.8 Å². The molecule has 0 aliphatic heterocycles. The topological polar surface area (TPSA) is 27.7 Å². The summed E-state index contributed by atoms with van der Waals surface area (Å²) < 4.78 is 17.6. The van der Waals surface area contributed by atoms with Gasteiger partial charge in [-0.15, -0.1) is 0 Å². The first-order valence-corrected chi connectivity index (χ1v) is 16.1. The molecule has 0 saturated carbocycles. The monoisotopic (exact) mass is 706 g/mol. The molecule has 0 atom stereocenters. The van der Waals surface area contributed by atoms with Gasteiger partial charge in [-0.1, -0.05) is 64.1 Å². The van der Waals surface area contributed by atoms with E-state index in [9.17, 15) is 0 Å². The third-order valence-corrected chi connectivity index (χ3v) is 14.1. The second-order valence-electron chi connectivity index (χ2n) is 11.6. The largest absolute Gasteiger partial charge is 4.00 e. The summed E-state index contributed by atoms with van der Waals surface area (Å²) in [4.78, 5) is 0. The summed E-state index contributed by atoms with van der Waals surface area (Å²) in [6.45, 7) is 22.2. The van der Waals surface area contributed by atoms with Crippen molar-refractivity contribution in [2.45, 2.75) is 69.2 Å². The van der Waals surface area contributed by atoms with Gasteiger partial charge in [-0.05, 0) is 90.5 Å². The zero-order valence-corrected chi connectivity index (χ0v) is 33.2. The van der Waals surface area contributed by atoms with Gasteiger partial charge in [0.25, 0.3) is 0 Å². The van der Waals surface area contributed by atoms with Crippen LogP contribution in [0.1, 0.15) is 55.6 Å². The molecule has 4 rings (SSSR count). The molecule has 0 unspecified atom stereocenters. The maximum atomic E-state index is 5.85. The van der Waals surface area contributed by atoms with E-state index < -0.39 is 8.07 Å². The van der Waals surface area contributed by atoms with Gasteiger partial charge in [-0.2, -0.15) is 27.4 Å². The number of rotatable bonds is 7. The number of hydrogen-bond acceptors (Lipinski definition) is 3. The molecule has 3 nitrogen and oxygen atoms in total. The molecule has 8 heteroatoms. The molecule has 44 heavy (non-hydrogen) atoms. The number of halogens is 3. The van der Waals surface area contributed by atoms with Crippen molar-refractivity contribution in [2.75, 3.05) is 21.3 Å². The molecule has 0 aliphatic rings. The summed E-state index contributed by atoms with van der Waals surface area (Å²) in [5, 5.41) is 5.59. The predicted octanol–water partition coefficient (Wildman–Crippen LogP) is -3.10. The Kier molecular flexibility index (Phi) is 15.5. The standard InChI is InChI=1S/C36H45O3Si.3ClH.Ti/c1-20-14-30(15-21(2)33(20)37-11)40(36-28(9)26(7)27(8)29(36)10,31-16-22(3)34(38-12)23(4)17-31)32-18-24(5)35(39-13)25(6)19-32;;;;/h14-19H,1-13H3;3*1H;/q-1;;;;+4/p-3. The zero-order valence-electron chi connectivity index (χ0n) is 28.3. The minimum absolute atomic E-state index is 0. The van der Waals surface area contributed by atoms with Gasteiger partial charge < -0.3 is 51.4 Å². The molecule has 0 spiro atoms. The molecular formula is C36H45Cl3O3SiTi. The van der Waals surface area contributed by atoms with E-state index in [0.29, 0.717) is 0 Å². The van der Waals surface area contributed by atoms with Crippen LogP contribution in [0.15, 0.2) is 36.4 Å². The Morgan fingerprint density at radius 3 is 0.909 bits per heavy atom. The number of aryl methyl sites for hydroxylation is 6. The van der Waals surface area contributed by atoms with E-state index in [1.807, 2.05) is 0 Å². The zero-order chi connectivity index (χ0) is 29.7. The van der Waals surface area contributed by atoms with Gasteiger partial charge in [0, 0.05) is 0 Å². The van der Waals surface area contributed by atoms with Gasteiger partial charge in [0.15, 0.2) is 8.07 Å². The van der Waals surface area contributed by atoms with Crippen molar-refractivity contribution in [2.24, 2.45) is 0 Å². The SMILES string of the molecule is COc1c(C)cc([Si](c2cc(C)c(OC)c(C)c2)(c2cc(C)c(OC)c(C)c2)c2c(C)c(C)c(C)[c-]2C)cc1C.[Cl-].[Cl-].[Cl-].[Ti+4]. The Hall–Kier alpha value is -1.79. The Morgan fingerprint density at radius 2 is 0.727 bits per heavy atom. The van der Waals surface area contributed by atoms with Crippen molar-refractivity contribution in [3.8, 4) is 17.2 Å². The van der Waals surface area contributed by atoms with Gasteiger partial charge in [0.05, 0.1) is 21.3 Å². The molecule has 0 fully saturated rings. The second-order valence-corrected chi connectivity index (χ2v) is 15.3. The minimum Gasteiger partial charge on any atom is -1.00 e. The van der Waals surface area contributed by atoms with E-state index in [0.717, 1.165) is 50.6 Å². The number of methoxy groups -OCH3 is 3. The number of hydrogen-bond donors (Lipinski definition) is 0. The molecular weight excluding hydrogens is 663 g/mol. The van der Waals surface area contributed by atoms with Crippen LogP contribution < -0.4 is 72.2 Å². The molecule has 0 heterocycles. The van der Waals surface area contributed by atoms with E-state index in [-0.39, 0.29) is 58.9 Å². The van der Waals surface area contributed by atoms with Crippen molar-refractivity contribution in [3.05, 3.63) is 92.0 Å². The quantitative estimate of drug-likeness (QED) is 0.116. The summed E-state index contributed by atoms with van der Waals surface area (Å²) in [6, 6.07) is 14.3. The Balaban J connectivity index is 0.00000462. The maximum absolute atomic E-state index is 5.85. The molecule has 4 aromatic carbocycles. The van der Waals surface area contributed by atoms with Crippen LogP contribution in [0.4, 0.5) is 0 Å². The van der Waals surface area contributed by atoms with Gasteiger partial charge in [0.1, 0.15) is 17.2 Å². The van der Waals surface area contributed by atoms with Gasteiger partial charge in [0.2, 0.25) is 0 Å².